The van der Waals surface area contributed by atoms with Crippen LogP contribution >= 0.6 is 23.4 Å². The van der Waals surface area contributed by atoms with Crippen LogP contribution in [0.4, 0.5) is 0 Å². The number of aromatic nitrogens is 2. The molecule has 0 spiro atoms. The van der Waals surface area contributed by atoms with Crippen molar-refractivity contribution < 1.29 is 9.53 Å². The minimum Gasteiger partial charge on any atom is -0.465 e. The first-order valence-electron chi connectivity index (χ1n) is 8.16. The molecule has 132 valence electrons. The van der Waals surface area contributed by atoms with E-state index in [1.165, 1.54) is 16.3 Å². The topological polar surface area (TPSA) is 61.2 Å². The van der Waals surface area contributed by atoms with Gasteiger partial charge in [-0.15, -0.1) is 0 Å². The SMILES string of the molecule is Cc1ccc(-n2c(SC3CCOC3=O)nc3ccccc3c2=O)cc1Cl. The molecule has 2 aromatic carbocycles. The summed E-state index contributed by atoms with van der Waals surface area (Å²) in [5, 5.41) is 1.18. The smallest absolute Gasteiger partial charge is 0.319 e. The minimum atomic E-state index is -0.366. The molecule has 1 unspecified atom stereocenters. The number of esters is 1. The highest BCUT2D eigenvalue weighted by molar-refractivity contribution is 8.00. The molecule has 1 fully saturated rings. The molecule has 4 rings (SSSR count). The van der Waals surface area contributed by atoms with E-state index in [1.54, 1.807) is 24.3 Å². The van der Waals surface area contributed by atoms with Crippen LogP contribution in [0.15, 0.2) is 52.4 Å². The third-order valence-corrected chi connectivity index (χ3v) is 5.90. The van der Waals surface area contributed by atoms with E-state index in [0.29, 0.717) is 39.8 Å². The Labute approximate surface area is 159 Å². The van der Waals surface area contributed by atoms with Crippen molar-refractivity contribution in [2.24, 2.45) is 0 Å². The van der Waals surface area contributed by atoms with E-state index in [-0.39, 0.29) is 16.8 Å². The lowest BCUT2D eigenvalue weighted by Crippen LogP contribution is -2.23. The van der Waals surface area contributed by atoms with Crippen molar-refractivity contribution in [2.45, 2.75) is 23.8 Å². The first kappa shape index (κ1) is 17.1. The monoisotopic (exact) mass is 386 g/mol. The van der Waals surface area contributed by atoms with Crippen LogP contribution < -0.4 is 5.56 Å². The highest BCUT2D eigenvalue weighted by atomic mass is 35.5. The van der Waals surface area contributed by atoms with Crippen molar-refractivity contribution >= 4 is 40.2 Å². The van der Waals surface area contributed by atoms with Crippen LogP contribution in [0.1, 0.15) is 12.0 Å². The number of rotatable bonds is 3. The van der Waals surface area contributed by atoms with E-state index in [1.807, 2.05) is 25.1 Å². The van der Waals surface area contributed by atoms with Crippen molar-refractivity contribution in [1.82, 2.24) is 9.55 Å². The van der Waals surface area contributed by atoms with Crippen LogP contribution in [-0.2, 0) is 9.53 Å². The van der Waals surface area contributed by atoms with Gasteiger partial charge in [-0.3, -0.25) is 14.2 Å². The van der Waals surface area contributed by atoms with E-state index in [0.717, 1.165) is 5.56 Å². The number of hydrogen-bond donors (Lipinski definition) is 0. The Morgan fingerprint density at radius 2 is 2.04 bits per heavy atom. The molecule has 0 amide bonds. The number of fused-ring (bicyclic) bond motifs is 1. The molecular weight excluding hydrogens is 372 g/mol. The molecule has 0 bridgehead atoms. The average Bonchev–Trinajstić information content (AvgIpc) is 3.03. The second-order valence-corrected chi connectivity index (χ2v) is 7.63. The van der Waals surface area contributed by atoms with Gasteiger partial charge in [0.2, 0.25) is 0 Å². The Morgan fingerprint density at radius 3 is 2.77 bits per heavy atom. The van der Waals surface area contributed by atoms with Crippen molar-refractivity contribution in [2.75, 3.05) is 6.61 Å². The fourth-order valence-corrected chi connectivity index (χ4v) is 4.10. The average molecular weight is 387 g/mol. The highest BCUT2D eigenvalue weighted by Gasteiger charge is 2.29. The second-order valence-electron chi connectivity index (χ2n) is 6.05. The first-order chi connectivity index (χ1) is 12.5. The van der Waals surface area contributed by atoms with Crippen LogP contribution in [0, 0.1) is 6.92 Å². The molecule has 0 saturated carbocycles. The molecule has 1 aliphatic rings. The quantitative estimate of drug-likeness (QED) is 0.506. The van der Waals surface area contributed by atoms with Crippen molar-refractivity contribution in [3.05, 3.63) is 63.4 Å². The molecule has 1 aromatic heterocycles. The summed E-state index contributed by atoms with van der Waals surface area (Å²) in [6.07, 6.45) is 0.598. The van der Waals surface area contributed by atoms with Gasteiger partial charge in [0, 0.05) is 11.4 Å². The molecule has 5 nitrogen and oxygen atoms in total. The second kappa shape index (κ2) is 6.78. The maximum Gasteiger partial charge on any atom is 0.319 e. The number of carbonyl (C=O) groups excluding carboxylic acids is 1. The van der Waals surface area contributed by atoms with Gasteiger partial charge in [-0.2, -0.15) is 0 Å². The molecule has 1 atom stereocenters. The van der Waals surface area contributed by atoms with Gasteiger partial charge < -0.3 is 4.74 Å². The van der Waals surface area contributed by atoms with Gasteiger partial charge in [-0.1, -0.05) is 41.6 Å². The number of aryl methyl sites for hydroxylation is 1. The van der Waals surface area contributed by atoms with Crippen molar-refractivity contribution in [3.63, 3.8) is 0 Å². The van der Waals surface area contributed by atoms with E-state index in [2.05, 4.69) is 4.98 Å². The third-order valence-electron chi connectivity index (χ3n) is 4.29. The number of hydrogen-bond acceptors (Lipinski definition) is 5. The van der Waals surface area contributed by atoms with Gasteiger partial charge in [-0.05, 0) is 36.8 Å². The number of thioether (sulfide) groups is 1. The molecule has 26 heavy (non-hydrogen) atoms. The number of para-hydroxylation sites is 1. The lowest BCUT2D eigenvalue weighted by Gasteiger charge is -2.15. The number of halogens is 1. The fourth-order valence-electron chi connectivity index (χ4n) is 2.85. The number of carbonyl (C=O) groups is 1. The summed E-state index contributed by atoms with van der Waals surface area (Å²) in [6, 6.07) is 12.6. The van der Waals surface area contributed by atoms with Gasteiger partial charge in [0.25, 0.3) is 5.56 Å². The lowest BCUT2D eigenvalue weighted by atomic mass is 10.2. The first-order valence-corrected chi connectivity index (χ1v) is 9.42. The summed E-state index contributed by atoms with van der Waals surface area (Å²) >= 11 is 7.52. The number of ether oxygens (including phenoxy) is 1. The summed E-state index contributed by atoms with van der Waals surface area (Å²) < 4.78 is 6.56. The van der Waals surface area contributed by atoms with Crippen LogP contribution in [0.2, 0.25) is 5.02 Å². The number of cyclic esters (lactones) is 1. The lowest BCUT2D eigenvalue weighted by molar-refractivity contribution is -0.137. The number of benzene rings is 2. The summed E-state index contributed by atoms with van der Waals surface area (Å²) in [4.78, 5) is 29.7. The summed E-state index contributed by atoms with van der Waals surface area (Å²) in [5.74, 6) is -0.272. The van der Waals surface area contributed by atoms with E-state index in [9.17, 15) is 9.59 Å². The van der Waals surface area contributed by atoms with Crippen molar-refractivity contribution in [1.29, 1.82) is 0 Å². The third kappa shape index (κ3) is 2.99. The molecule has 0 radical (unpaired) electrons. The molecule has 3 aromatic rings. The molecule has 2 heterocycles. The van der Waals surface area contributed by atoms with E-state index < -0.39 is 0 Å². The molecule has 7 heteroatoms. The van der Waals surface area contributed by atoms with Gasteiger partial charge in [0.1, 0.15) is 5.25 Å². The summed E-state index contributed by atoms with van der Waals surface area (Å²) in [5.41, 5.74) is 1.95. The Kier molecular flexibility index (Phi) is 4.46. The standard InChI is InChI=1S/C19H15ClN2O3S/c1-11-6-7-12(10-14(11)20)22-17(23)13-4-2-3-5-15(13)21-19(22)26-16-8-9-25-18(16)24/h2-7,10,16H,8-9H2,1H3. The van der Waals surface area contributed by atoms with Gasteiger partial charge >= 0.3 is 5.97 Å². The molecule has 1 saturated heterocycles. The zero-order chi connectivity index (χ0) is 18.3. The molecule has 1 aliphatic heterocycles. The Balaban J connectivity index is 1.94. The summed E-state index contributed by atoms with van der Waals surface area (Å²) in [6.45, 7) is 2.29. The molecule has 0 aliphatic carbocycles. The molecule has 0 N–H and O–H groups in total. The Hall–Kier alpha value is -2.31. The summed E-state index contributed by atoms with van der Waals surface area (Å²) in [7, 11) is 0. The Bertz CT molecular complexity index is 1080. The zero-order valence-corrected chi connectivity index (χ0v) is 15.5. The maximum absolute atomic E-state index is 13.2. The van der Waals surface area contributed by atoms with Crippen LogP contribution in [0.3, 0.4) is 0 Å². The number of nitrogens with zero attached hydrogens (tertiary/aromatic N) is 2. The highest BCUT2D eigenvalue weighted by Crippen LogP contribution is 2.30. The molecular formula is C19H15ClN2O3S. The minimum absolute atomic E-state index is 0.190. The largest absolute Gasteiger partial charge is 0.465 e. The van der Waals surface area contributed by atoms with Gasteiger partial charge in [0.15, 0.2) is 5.16 Å². The predicted molar refractivity (Wildman–Crippen MR) is 102 cm³/mol. The van der Waals surface area contributed by atoms with Gasteiger partial charge in [-0.25, -0.2) is 4.98 Å². The fraction of sp³-hybridized carbons (Fsp3) is 0.211. The van der Waals surface area contributed by atoms with Crippen LogP contribution in [0.25, 0.3) is 16.6 Å². The van der Waals surface area contributed by atoms with E-state index in [4.69, 9.17) is 16.3 Å². The van der Waals surface area contributed by atoms with Crippen LogP contribution in [-0.4, -0.2) is 27.4 Å². The predicted octanol–water partition coefficient (Wildman–Crippen LogP) is 3.76. The normalized spacial score (nSPS) is 16.8. The zero-order valence-electron chi connectivity index (χ0n) is 13.9. The van der Waals surface area contributed by atoms with Crippen LogP contribution in [0.5, 0.6) is 0 Å². The Morgan fingerprint density at radius 1 is 1.23 bits per heavy atom. The maximum atomic E-state index is 13.2. The van der Waals surface area contributed by atoms with Gasteiger partial charge in [0.05, 0.1) is 23.2 Å². The van der Waals surface area contributed by atoms with Crippen molar-refractivity contribution in [3.8, 4) is 5.69 Å². The van der Waals surface area contributed by atoms with E-state index >= 15 is 0 Å².